The number of primary amides is 1. The molecule has 4 N–H and O–H groups in total. The number of nitrogens with two attached hydrogens (primary N) is 1. The fourth-order valence-corrected chi connectivity index (χ4v) is 3.60. The van der Waals surface area contributed by atoms with Crippen LogP contribution in [0.3, 0.4) is 0 Å². The van der Waals surface area contributed by atoms with Crippen molar-refractivity contribution in [3.05, 3.63) is 40.0 Å². The first kappa shape index (κ1) is 32.0. The zero-order chi connectivity index (χ0) is 28.1. The largest absolute Gasteiger partial charge is 0.489 e. The van der Waals surface area contributed by atoms with E-state index in [2.05, 4.69) is 39.2 Å². The molecule has 0 aliphatic carbocycles. The number of nitro groups is 1. The van der Waals surface area contributed by atoms with Gasteiger partial charge in [-0.3, -0.25) is 19.7 Å². The molecule has 0 bridgehead atoms. The van der Waals surface area contributed by atoms with Crippen molar-refractivity contribution in [1.29, 1.82) is 0 Å². The molecule has 0 saturated heterocycles. The maximum absolute atomic E-state index is 11.7. The van der Waals surface area contributed by atoms with Crippen LogP contribution in [0.5, 0.6) is 5.75 Å². The Morgan fingerprint density at radius 2 is 1.73 bits per heavy atom. The summed E-state index contributed by atoms with van der Waals surface area (Å²) < 4.78 is 22.3. The lowest BCUT2D eigenvalue weighted by molar-refractivity contribution is -0.384. The monoisotopic (exact) mass is 541 g/mol. The highest BCUT2D eigenvalue weighted by Crippen LogP contribution is 2.37. The van der Waals surface area contributed by atoms with Crippen molar-refractivity contribution in [3.63, 3.8) is 0 Å². The van der Waals surface area contributed by atoms with Crippen LogP contribution in [0.25, 0.3) is 0 Å². The SMILES string of the molecule is CC(C)(C)[Si](C)(C)OCC=CCNc1c(OCCOCCOCCC(=O)O)cc(C(N)=O)cc1[N+](=O)[O-]. The smallest absolute Gasteiger partial charge is 0.305 e. The number of nitrogens with zero attached hydrogens (tertiary/aromatic N) is 1. The van der Waals surface area contributed by atoms with Crippen LogP contribution in [0.4, 0.5) is 11.4 Å². The van der Waals surface area contributed by atoms with E-state index < -0.39 is 25.1 Å². The minimum Gasteiger partial charge on any atom is -0.489 e. The first-order chi connectivity index (χ1) is 17.3. The molecule has 12 nitrogen and oxygen atoms in total. The van der Waals surface area contributed by atoms with Gasteiger partial charge in [0.25, 0.3) is 5.69 Å². The van der Waals surface area contributed by atoms with Crippen LogP contribution in [-0.4, -0.2) is 76.4 Å². The van der Waals surface area contributed by atoms with Gasteiger partial charge in [0.1, 0.15) is 12.4 Å². The fraction of sp³-hybridized carbons (Fsp3) is 0.583. The van der Waals surface area contributed by atoms with Crippen LogP contribution in [0, 0.1) is 10.1 Å². The number of aliphatic carboxylic acids is 1. The first-order valence-corrected chi connectivity index (χ1v) is 14.8. The number of carbonyl (C=O) groups excluding carboxylic acids is 1. The molecule has 1 aromatic rings. The Hall–Kier alpha value is -3.00. The molecule has 0 saturated carbocycles. The molecule has 0 radical (unpaired) electrons. The van der Waals surface area contributed by atoms with Crippen LogP contribution in [0.2, 0.25) is 18.1 Å². The zero-order valence-corrected chi connectivity index (χ0v) is 23.2. The van der Waals surface area contributed by atoms with Gasteiger partial charge >= 0.3 is 5.97 Å². The molecule has 1 aromatic carbocycles. The predicted octanol–water partition coefficient (Wildman–Crippen LogP) is 3.57. The average molecular weight is 542 g/mol. The predicted molar refractivity (Wildman–Crippen MR) is 142 cm³/mol. The van der Waals surface area contributed by atoms with Gasteiger partial charge in [0.15, 0.2) is 14.0 Å². The number of ether oxygens (including phenoxy) is 3. The van der Waals surface area contributed by atoms with E-state index in [0.29, 0.717) is 6.61 Å². The van der Waals surface area contributed by atoms with Crippen molar-refractivity contribution in [2.75, 3.05) is 51.5 Å². The summed E-state index contributed by atoms with van der Waals surface area (Å²) >= 11 is 0. The molecule has 0 heterocycles. The lowest BCUT2D eigenvalue weighted by atomic mass is 10.1. The Bertz CT molecular complexity index is 946. The van der Waals surface area contributed by atoms with Gasteiger partial charge in [0.05, 0.1) is 44.4 Å². The third kappa shape index (κ3) is 11.7. The second-order valence-corrected chi connectivity index (χ2v) is 14.4. The Morgan fingerprint density at radius 3 is 2.30 bits per heavy atom. The van der Waals surface area contributed by atoms with Crippen LogP contribution in [0.1, 0.15) is 37.6 Å². The highest BCUT2D eigenvalue weighted by atomic mass is 28.4. The molecule has 0 aliphatic heterocycles. The first-order valence-electron chi connectivity index (χ1n) is 11.9. The third-order valence-electron chi connectivity index (χ3n) is 5.79. The van der Waals surface area contributed by atoms with Crippen LogP contribution < -0.4 is 15.8 Å². The second-order valence-electron chi connectivity index (χ2n) is 9.63. The Balaban J connectivity index is 2.76. The minimum atomic E-state index is -1.88. The van der Waals surface area contributed by atoms with E-state index in [0.717, 1.165) is 6.07 Å². The molecule has 13 heteroatoms. The van der Waals surface area contributed by atoms with E-state index >= 15 is 0 Å². The lowest BCUT2D eigenvalue weighted by Gasteiger charge is -2.35. The molecule has 0 aromatic heterocycles. The highest BCUT2D eigenvalue weighted by molar-refractivity contribution is 6.74. The van der Waals surface area contributed by atoms with Crippen LogP contribution in [0.15, 0.2) is 24.3 Å². The Labute approximate surface area is 218 Å². The van der Waals surface area contributed by atoms with Crippen molar-refractivity contribution in [2.45, 2.75) is 45.3 Å². The van der Waals surface area contributed by atoms with Gasteiger partial charge in [0, 0.05) is 18.2 Å². The summed E-state index contributed by atoms with van der Waals surface area (Å²) in [6, 6.07) is 2.45. The normalized spacial score (nSPS) is 12.0. The summed E-state index contributed by atoms with van der Waals surface area (Å²) in [5.74, 6) is -1.67. The second kappa shape index (κ2) is 15.3. The molecule has 1 amide bonds. The summed E-state index contributed by atoms with van der Waals surface area (Å²) in [7, 11) is -1.88. The number of carboxylic acid groups (broad SMARTS) is 1. The number of rotatable bonds is 18. The molecule has 208 valence electrons. The molecule has 0 unspecified atom stereocenters. The van der Waals surface area contributed by atoms with Gasteiger partial charge in [-0.05, 0) is 24.2 Å². The van der Waals surface area contributed by atoms with E-state index in [9.17, 15) is 19.7 Å². The average Bonchev–Trinajstić information content (AvgIpc) is 2.79. The number of hydrogen-bond acceptors (Lipinski definition) is 9. The molecule has 0 fully saturated rings. The van der Waals surface area contributed by atoms with Gasteiger partial charge in [-0.15, -0.1) is 0 Å². The van der Waals surface area contributed by atoms with E-state index in [1.807, 2.05) is 6.08 Å². The van der Waals surface area contributed by atoms with Gasteiger partial charge in [-0.1, -0.05) is 32.9 Å². The number of nitro benzene ring substituents is 1. The number of anilines is 1. The zero-order valence-electron chi connectivity index (χ0n) is 22.2. The van der Waals surface area contributed by atoms with Gasteiger partial charge in [-0.2, -0.15) is 0 Å². The number of carboxylic acids is 1. The quantitative estimate of drug-likeness (QED) is 0.0819. The number of benzene rings is 1. The Morgan fingerprint density at radius 1 is 1.11 bits per heavy atom. The van der Waals surface area contributed by atoms with E-state index in [1.165, 1.54) is 6.07 Å². The van der Waals surface area contributed by atoms with E-state index in [-0.39, 0.29) is 73.7 Å². The number of hydrogen-bond donors (Lipinski definition) is 3. The number of amides is 1. The molecule has 1 rings (SSSR count). The van der Waals surface area contributed by atoms with E-state index in [1.54, 1.807) is 6.08 Å². The summed E-state index contributed by atoms with van der Waals surface area (Å²) in [5.41, 5.74) is 5.05. The fourth-order valence-electron chi connectivity index (χ4n) is 2.66. The standard InChI is InChI=1S/C24H39N3O9Si/c1-24(2,3)37(4,5)36-10-7-6-9-26-22-19(27(31)32)16-18(23(25)30)17-20(22)35-15-14-34-13-12-33-11-8-21(28)29/h6-7,16-17,26H,8-15H2,1-5H3,(H2,25,30)(H,28,29). The molecule has 0 spiro atoms. The van der Waals surface area contributed by atoms with E-state index in [4.69, 9.17) is 29.5 Å². The Kier molecular flexibility index (Phi) is 13.2. The maximum atomic E-state index is 11.7. The summed E-state index contributed by atoms with van der Waals surface area (Å²) in [6.07, 6.45) is 3.56. The van der Waals surface area contributed by atoms with Crippen molar-refractivity contribution in [1.82, 2.24) is 0 Å². The summed E-state index contributed by atoms with van der Waals surface area (Å²) in [6.45, 7) is 12.2. The van der Waals surface area contributed by atoms with Crippen molar-refractivity contribution in [2.24, 2.45) is 5.73 Å². The van der Waals surface area contributed by atoms with Crippen molar-refractivity contribution >= 4 is 31.6 Å². The summed E-state index contributed by atoms with van der Waals surface area (Å²) in [5, 5.41) is 23.3. The molecule has 0 atom stereocenters. The molecule has 37 heavy (non-hydrogen) atoms. The van der Waals surface area contributed by atoms with Gasteiger partial charge < -0.3 is 34.8 Å². The molecule has 0 aliphatic rings. The molecular formula is C24H39N3O9Si. The number of carbonyl (C=O) groups is 2. The van der Waals surface area contributed by atoms with Crippen molar-refractivity contribution < 1.29 is 38.3 Å². The van der Waals surface area contributed by atoms with Crippen LogP contribution in [-0.2, 0) is 18.7 Å². The molecular weight excluding hydrogens is 502 g/mol. The van der Waals surface area contributed by atoms with Crippen molar-refractivity contribution in [3.8, 4) is 5.75 Å². The third-order valence-corrected chi connectivity index (χ3v) is 10.3. The minimum absolute atomic E-state index is 0.0410. The summed E-state index contributed by atoms with van der Waals surface area (Å²) in [4.78, 5) is 33.2. The maximum Gasteiger partial charge on any atom is 0.305 e. The highest BCUT2D eigenvalue weighted by Gasteiger charge is 2.36. The lowest BCUT2D eigenvalue weighted by Crippen LogP contribution is -2.40. The van der Waals surface area contributed by atoms with Gasteiger partial charge in [-0.25, -0.2) is 0 Å². The topological polar surface area (TPSA) is 172 Å². The number of nitrogens with one attached hydrogen (secondary N) is 1. The van der Waals surface area contributed by atoms with Gasteiger partial charge in [0.2, 0.25) is 5.91 Å². The van der Waals surface area contributed by atoms with Crippen LogP contribution >= 0.6 is 0 Å².